The van der Waals surface area contributed by atoms with Gasteiger partial charge in [-0.2, -0.15) is 0 Å². The molecule has 0 N–H and O–H groups in total. The van der Waals surface area contributed by atoms with E-state index in [0.717, 1.165) is 18.8 Å². The van der Waals surface area contributed by atoms with E-state index in [0.29, 0.717) is 11.7 Å². The summed E-state index contributed by atoms with van der Waals surface area (Å²) in [7, 11) is 0. The summed E-state index contributed by atoms with van der Waals surface area (Å²) in [5.74, 6) is 2.05. The lowest BCUT2D eigenvalue weighted by Gasteiger charge is -2.29. The fraction of sp³-hybridized carbons (Fsp3) is 0.929. The third-order valence-corrected chi connectivity index (χ3v) is 4.12. The lowest BCUT2D eigenvalue weighted by molar-refractivity contribution is -0.129. The summed E-state index contributed by atoms with van der Waals surface area (Å²) >= 11 is 0. The lowest BCUT2D eigenvalue weighted by atomic mass is 9.73. The largest absolute Gasteiger partial charge is 0.299 e. The van der Waals surface area contributed by atoms with Crippen molar-refractivity contribution < 1.29 is 4.79 Å². The highest BCUT2D eigenvalue weighted by molar-refractivity contribution is 5.85. The monoisotopic (exact) mass is 208 g/mol. The standard InChI is InChI=1S/C14H24O/c1-11(2)10-14(7-3-4-8-14)13(15)9-12-5-6-12/h11-12H,3-10H2,1-2H3. The summed E-state index contributed by atoms with van der Waals surface area (Å²) < 4.78 is 0. The summed E-state index contributed by atoms with van der Waals surface area (Å²) in [5, 5.41) is 0. The predicted molar refractivity (Wildman–Crippen MR) is 62.7 cm³/mol. The van der Waals surface area contributed by atoms with Crippen LogP contribution in [-0.4, -0.2) is 5.78 Å². The Kier molecular flexibility index (Phi) is 3.18. The van der Waals surface area contributed by atoms with Crippen LogP contribution in [0.15, 0.2) is 0 Å². The second kappa shape index (κ2) is 4.27. The van der Waals surface area contributed by atoms with Crippen molar-refractivity contribution in [1.82, 2.24) is 0 Å². The summed E-state index contributed by atoms with van der Waals surface area (Å²) in [6.07, 6.45) is 9.57. The molecule has 2 saturated carbocycles. The molecular formula is C14H24O. The Hall–Kier alpha value is -0.330. The molecule has 2 rings (SSSR count). The van der Waals surface area contributed by atoms with Crippen LogP contribution in [0.1, 0.15) is 65.2 Å². The van der Waals surface area contributed by atoms with Gasteiger partial charge in [0.05, 0.1) is 0 Å². The van der Waals surface area contributed by atoms with Crippen molar-refractivity contribution in [1.29, 1.82) is 0 Å². The van der Waals surface area contributed by atoms with Gasteiger partial charge in [-0.1, -0.05) is 26.7 Å². The molecule has 86 valence electrons. The van der Waals surface area contributed by atoms with Crippen molar-refractivity contribution in [2.75, 3.05) is 0 Å². The maximum atomic E-state index is 12.4. The van der Waals surface area contributed by atoms with E-state index in [9.17, 15) is 4.79 Å². The van der Waals surface area contributed by atoms with Crippen LogP contribution >= 0.6 is 0 Å². The van der Waals surface area contributed by atoms with Gasteiger partial charge in [0, 0.05) is 11.8 Å². The SMILES string of the molecule is CC(C)CC1(C(=O)CC2CC2)CCCC1. The Morgan fingerprint density at radius 2 is 1.87 bits per heavy atom. The predicted octanol–water partition coefficient (Wildman–Crippen LogP) is 3.96. The molecular weight excluding hydrogens is 184 g/mol. The van der Waals surface area contributed by atoms with E-state index in [-0.39, 0.29) is 5.41 Å². The molecule has 0 heterocycles. The maximum absolute atomic E-state index is 12.4. The van der Waals surface area contributed by atoms with Gasteiger partial charge in [-0.15, -0.1) is 0 Å². The maximum Gasteiger partial charge on any atom is 0.139 e. The lowest BCUT2D eigenvalue weighted by Crippen LogP contribution is -2.30. The van der Waals surface area contributed by atoms with Gasteiger partial charge in [0.1, 0.15) is 5.78 Å². The molecule has 0 atom stereocenters. The van der Waals surface area contributed by atoms with Crippen LogP contribution in [0, 0.1) is 17.3 Å². The average Bonchev–Trinajstić information content (AvgIpc) is 2.83. The minimum Gasteiger partial charge on any atom is -0.299 e. The van der Waals surface area contributed by atoms with Gasteiger partial charge in [-0.25, -0.2) is 0 Å². The van der Waals surface area contributed by atoms with Crippen molar-refractivity contribution in [2.24, 2.45) is 17.3 Å². The van der Waals surface area contributed by atoms with E-state index < -0.39 is 0 Å². The molecule has 0 bridgehead atoms. The number of Topliss-reactive ketones (excluding diaryl/α,β-unsaturated/α-hetero) is 1. The first-order chi connectivity index (χ1) is 7.12. The van der Waals surface area contributed by atoms with Crippen molar-refractivity contribution >= 4 is 5.78 Å². The van der Waals surface area contributed by atoms with Crippen LogP contribution in [0.3, 0.4) is 0 Å². The molecule has 0 aromatic heterocycles. The van der Waals surface area contributed by atoms with Crippen molar-refractivity contribution in [2.45, 2.75) is 65.2 Å². The molecule has 0 amide bonds. The molecule has 2 aliphatic rings. The first kappa shape index (κ1) is 11.2. The molecule has 0 aromatic carbocycles. The molecule has 0 spiro atoms. The minimum absolute atomic E-state index is 0.108. The minimum atomic E-state index is 0.108. The van der Waals surface area contributed by atoms with Crippen LogP contribution < -0.4 is 0 Å². The fourth-order valence-corrected chi connectivity index (χ4v) is 3.23. The summed E-state index contributed by atoms with van der Waals surface area (Å²) in [4.78, 5) is 12.4. The third kappa shape index (κ3) is 2.62. The Morgan fingerprint density at radius 3 is 2.33 bits per heavy atom. The molecule has 0 radical (unpaired) electrons. The number of rotatable bonds is 5. The highest BCUT2D eigenvalue weighted by atomic mass is 16.1. The van der Waals surface area contributed by atoms with Crippen LogP contribution in [0.4, 0.5) is 0 Å². The zero-order valence-corrected chi connectivity index (χ0v) is 10.2. The molecule has 0 unspecified atom stereocenters. The Balaban J connectivity index is 1.99. The summed E-state index contributed by atoms with van der Waals surface area (Å²) in [6.45, 7) is 4.51. The normalized spacial score (nSPS) is 24.7. The van der Waals surface area contributed by atoms with Gasteiger partial charge < -0.3 is 0 Å². The Labute approximate surface area is 93.6 Å². The van der Waals surface area contributed by atoms with Crippen molar-refractivity contribution in [3.63, 3.8) is 0 Å². The number of carbonyl (C=O) groups excluding carboxylic acids is 1. The van der Waals surface area contributed by atoms with E-state index in [4.69, 9.17) is 0 Å². The molecule has 0 saturated heterocycles. The fourth-order valence-electron chi connectivity index (χ4n) is 3.23. The number of hydrogen-bond donors (Lipinski definition) is 0. The van der Waals surface area contributed by atoms with Crippen LogP contribution in [-0.2, 0) is 4.79 Å². The van der Waals surface area contributed by atoms with E-state index in [1.807, 2.05) is 0 Å². The average molecular weight is 208 g/mol. The smallest absolute Gasteiger partial charge is 0.139 e. The van der Waals surface area contributed by atoms with Crippen LogP contribution in [0.5, 0.6) is 0 Å². The van der Waals surface area contributed by atoms with Gasteiger partial charge in [-0.05, 0) is 43.9 Å². The Morgan fingerprint density at radius 1 is 1.27 bits per heavy atom. The highest BCUT2D eigenvalue weighted by Gasteiger charge is 2.42. The molecule has 2 aliphatic carbocycles. The van der Waals surface area contributed by atoms with Gasteiger partial charge in [0.15, 0.2) is 0 Å². The number of ketones is 1. The van der Waals surface area contributed by atoms with E-state index >= 15 is 0 Å². The second-order valence-electron chi connectivity index (χ2n) is 6.16. The quantitative estimate of drug-likeness (QED) is 0.668. The molecule has 1 heteroatoms. The first-order valence-electron chi connectivity index (χ1n) is 6.66. The molecule has 2 fully saturated rings. The highest BCUT2D eigenvalue weighted by Crippen LogP contribution is 2.47. The second-order valence-corrected chi connectivity index (χ2v) is 6.16. The summed E-state index contributed by atoms with van der Waals surface area (Å²) in [6, 6.07) is 0. The summed E-state index contributed by atoms with van der Waals surface area (Å²) in [5.41, 5.74) is 0.108. The van der Waals surface area contributed by atoms with Crippen molar-refractivity contribution in [3.8, 4) is 0 Å². The molecule has 0 aliphatic heterocycles. The number of hydrogen-bond acceptors (Lipinski definition) is 1. The molecule has 1 nitrogen and oxygen atoms in total. The van der Waals surface area contributed by atoms with E-state index in [1.165, 1.54) is 38.5 Å². The number of carbonyl (C=O) groups is 1. The zero-order chi connectivity index (χ0) is 10.9. The molecule has 15 heavy (non-hydrogen) atoms. The van der Waals surface area contributed by atoms with Crippen molar-refractivity contribution in [3.05, 3.63) is 0 Å². The van der Waals surface area contributed by atoms with Crippen LogP contribution in [0.2, 0.25) is 0 Å². The Bertz CT molecular complexity index is 232. The van der Waals surface area contributed by atoms with Gasteiger partial charge in [-0.3, -0.25) is 4.79 Å². The van der Waals surface area contributed by atoms with Gasteiger partial charge >= 0.3 is 0 Å². The zero-order valence-electron chi connectivity index (χ0n) is 10.2. The first-order valence-corrected chi connectivity index (χ1v) is 6.66. The third-order valence-electron chi connectivity index (χ3n) is 4.12. The topological polar surface area (TPSA) is 17.1 Å². The van der Waals surface area contributed by atoms with E-state index in [1.54, 1.807) is 0 Å². The van der Waals surface area contributed by atoms with Gasteiger partial charge in [0.2, 0.25) is 0 Å². The van der Waals surface area contributed by atoms with Gasteiger partial charge in [0.25, 0.3) is 0 Å². The molecule has 0 aromatic rings. The van der Waals surface area contributed by atoms with Crippen LogP contribution in [0.25, 0.3) is 0 Å². The van der Waals surface area contributed by atoms with E-state index in [2.05, 4.69) is 13.8 Å².